The van der Waals surface area contributed by atoms with E-state index < -0.39 is 0 Å². The molecular weight excluding hydrogens is 254 g/mol. The molecule has 1 N–H and O–H groups in total. The van der Waals surface area contributed by atoms with Gasteiger partial charge >= 0.3 is 0 Å². The van der Waals surface area contributed by atoms with Gasteiger partial charge in [0.05, 0.1) is 12.7 Å². The van der Waals surface area contributed by atoms with E-state index in [0.717, 1.165) is 5.82 Å². The monoisotopic (exact) mass is 275 g/mol. The van der Waals surface area contributed by atoms with E-state index >= 15 is 0 Å². The Morgan fingerprint density at radius 2 is 2.15 bits per heavy atom. The molecule has 0 aliphatic heterocycles. The Bertz CT molecular complexity index is 653. The summed E-state index contributed by atoms with van der Waals surface area (Å²) in [6, 6.07) is 0.608. The van der Waals surface area contributed by atoms with Crippen molar-refractivity contribution in [2.45, 2.75) is 44.7 Å². The third kappa shape index (κ3) is 2.47. The molecule has 1 saturated carbocycles. The first kappa shape index (κ1) is 13.3. The second kappa shape index (κ2) is 5.36. The molecule has 108 valence electrons. The summed E-state index contributed by atoms with van der Waals surface area (Å²) in [4.78, 5) is 21.7. The van der Waals surface area contributed by atoms with E-state index in [0.29, 0.717) is 23.6 Å². The van der Waals surface area contributed by atoms with E-state index in [1.165, 1.54) is 32.1 Å². The fourth-order valence-corrected chi connectivity index (χ4v) is 3.04. The molecule has 6 heteroatoms. The van der Waals surface area contributed by atoms with Crippen molar-refractivity contribution in [3.05, 3.63) is 22.4 Å². The van der Waals surface area contributed by atoms with E-state index in [1.54, 1.807) is 10.9 Å². The van der Waals surface area contributed by atoms with Gasteiger partial charge in [-0.15, -0.1) is 0 Å². The number of nitrogens with one attached hydrogen (secondary N) is 1. The van der Waals surface area contributed by atoms with Crippen LogP contribution < -0.4 is 5.56 Å². The molecule has 0 radical (unpaired) electrons. The maximum absolute atomic E-state index is 12.0. The zero-order valence-corrected chi connectivity index (χ0v) is 12.1. The van der Waals surface area contributed by atoms with Crippen molar-refractivity contribution < 1.29 is 0 Å². The van der Waals surface area contributed by atoms with Gasteiger partial charge in [-0.05, 0) is 19.9 Å². The minimum atomic E-state index is -0.102. The van der Waals surface area contributed by atoms with Gasteiger partial charge < -0.3 is 4.98 Å². The minimum Gasteiger partial charge on any atom is -0.309 e. The van der Waals surface area contributed by atoms with E-state index in [-0.39, 0.29) is 5.56 Å². The molecule has 0 bridgehead atoms. The van der Waals surface area contributed by atoms with Crippen LogP contribution in [-0.4, -0.2) is 37.7 Å². The Hall–Kier alpha value is -1.69. The number of hydrogen-bond acceptors (Lipinski definition) is 4. The maximum Gasteiger partial charge on any atom is 0.262 e. The first-order valence-corrected chi connectivity index (χ1v) is 7.26. The Kier molecular flexibility index (Phi) is 3.56. The van der Waals surface area contributed by atoms with Crippen LogP contribution in [0.15, 0.2) is 11.0 Å². The lowest BCUT2D eigenvalue weighted by Gasteiger charge is -2.30. The zero-order valence-electron chi connectivity index (χ0n) is 12.1. The molecule has 0 saturated heterocycles. The molecule has 1 fully saturated rings. The smallest absolute Gasteiger partial charge is 0.262 e. The van der Waals surface area contributed by atoms with Gasteiger partial charge in [0, 0.05) is 13.1 Å². The molecule has 3 rings (SSSR count). The highest BCUT2D eigenvalue weighted by molar-refractivity contribution is 5.72. The Morgan fingerprint density at radius 3 is 2.90 bits per heavy atom. The SMILES string of the molecule is CN(Cc1nc2c(cnn2C)c(=O)[nH]1)C1CCCCC1. The molecule has 1 aliphatic rings. The average Bonchev–Trinajstić information content (AvgIpc) is 2.82. The number of aromatic nitrogens is 4. The molecule has 0 atom stereocenters. The van der Waals surface area contributed by atoms with Crippen molar-refractivity contribution >= 4 is 11.0 Å². The predicted octanol–water partition coefficient (Wildman–Crippen LogP) is 1.42. The van der Waals surface area contributed by atoms with E-state index in [1.807, 2.05) is 7.05 Å². The molecule has 0 aromatic carbocycles. The summed E-state index contributed by atoms with van der Waals surface area (Å²) in [5, 5.41) is 4.64. The minimum absolute atomic E-state index is 0.102. The first-order chi connectivity index (χ1) is 9.65. The highest BCUT2D eigenvalue weighted by atomic mass is 16.1. The fraction of sp³-hybridized carbons (Fsp3) is 0.643. The van der Waals surface area contributed by atoms with Crippen LogP contribution in [0.5, 0.6) is 0 Å². The van der Waals surface area contributed by atoms with Crippen LogP contribution in [0.25, 0.3) is 11.0 Å². The topological polar surface area (TPSA) is 66.8 Å². The Morgan fingerprint density at radius 1 is 1.40 bits per heavy atom. The van der Waals surface area contributed by atoms with Gasteiger partial charge in [0.15, 0.2) is 5.65 Å². The number of fused-ring (bicyclic) bond motifs is 1. The standard InChI is InChI=1S/C14H21N5O/c1-18(10-6-4-3-5-7-10)9-12-16-13-11(14(20)17-12)8-15-19(13)2/h8,10H,3-7,9H2,1-2H3,(H,16,17,20). The summed E-state index contributed by atoms with van der Waals surface area (Å²) in [7, 11) is 3.92. The van der Waals surface area contributed by atoms with Crippen molar-refractivity contribution in [1.29, 1.82) is 0 Å². The van der Waals surface area contributed by atoms with Crippen LogP contribution >= 0.6 is 0 Å². The summed E-state index contributed by atoms with van der Waals surface area (Å²) >= 11 is 0. The summed E-state index contributed by atoms with van der Waals surface area (Å²) in [5.41, 5.74) is 0.552. The maximum atomic E-state index is 12.0. The summed E-state index contributed by atoms with van der Waals surface area (Å²) in [6.07, 6.45) is 8.01. The summed E-state index contributed by atoms with van der Waals surface area (Å²) in [5.74, 6) is 0.721. The quantitative estimate of drug-likeness (QED) is 0.920. The number of H-pyrrole nitrogens is 1. The molecule has 2 heterocycles. The zero-order chi connectivity index (χ0) is 14.1. The van der Waals surface area contributed by atoms with Crippen molar-refractivity contribution in [2.75, 3.05) is 7.05 Å². The Labute approximate surface area is 117 Å². The van der Waals surface area contributed by atoms with Crippen molar-refractivity contribution in [3.8, 4) is 0 Å². The molecule has 0 amide bonds. The molecule has 2 aromatic rings. The van der Waals surface area contributed by atoms with Crippen LogP contribution in [0.4, 0.5) is 0 Å². The van der Waals surface area contributed by atoms with Gasteiger partial charge in [-0.25, -0.2) is 4.98 Å². The molecule has 1 aliphatic carbocycles. The van der Waals surface area contributed by atoms with Crippen LogP contribution in [0.2, 0.25) is 0 Å². The normalized spacial score (nSPS) is 17.1. The highest BCUT2D eigenvalue weighted by Gasteiger charge is 2.19. The number of hydrogen-bond donors (Lipinski definition) is 1. The number of aromatic amines is 1. The van der Waals surface area contributed by atoms with E-state index in [4.69, 9.17) is 0 Å². The van der Waals surface area contributed by atoms with Gasteiger partial charge in [-0.2, -0.15) is 5.10 Å². The summed E-state index contributed by atoms with van der Waals surface area (Å²) < 4.78 is 1.65. The fourth-order valence-electron chi connectivity index (χ4n) is 3.04. The summed E-state index contributed by atoms with van der Waals surface area (Å²) in [6.45, 7) is 0.682. The second-order valence-corrected chi connectivity index (χ2v) is 5.73. The van der Waals surface area contributed by atoms with E-state index in [9.17, 15) is 4.79 Å². The lowest BCUT2D eigenvalue weighted by atomic mass is 9.94. The third-order valence-electron chi connectivity index (χ3n) is 4.25. The molecule has 0 unspecified atom stereocenters. The third-order valence-corrected chi connectivity index (χ3v) is 4.25. The molecular formula is C14H21N5O. The molecule has 2 aromatic heterocycles. The van der Waals surface area contributed by atoms with Crippen molar-refractivity contribution in [2.24, 2.45) is 7.05 Å². The molecule has 6 nitrogen and oxygen atoms in total. The molecule has 0 spiro atoms. The van der Waals surface area contributed by atoms with Gasteiger partial charge in [0.1, 0.15) is 11.2 Å². The highest BCUT2D eigenvalue weighted by Crippen LogP contribution is 2.22. The lowest BCUT2D eigenvalue weighted by Crippen LogP contribution is -2.34. The first-order valence-electron chi connectivity index (χ1n) is 7.26. The lowest BCUT2D eigenvalue weighted by molar-refractivity contribution is 0.181. The average molecular weight is 275 g/mol. The Balaban J connectivity index is 1.83. The largest absolute Gasteiger partial charge is 0.309 e. The van der Waals surface area contributed by atoms with Gasteiger partial charge in [-0.3, -0.25) is 14.4 Å². The predicted molar refractivity (Wildman–Crippen MR) is 77.5 cm³/mol. The van der Waals surface area contributed by atoms with Crippen molar-refractivity contribution in [1.82, 2.24) is 24.6 Å². The van der Waals surface area contributed by atoms with Crippen LogP contribution in [0.1, 0.15) is 37.9 Å². The van der Waals surface area contributed by atoms with Gasteiger partial charge in [-0.1, -0.05) is 19.3 Å². The number of nitrogens with zero attached hydrogens (tertiary/aromatic N) is 4. The molecule has 20 heavy (non-hydrogen) atoms. The van der Waals surface area contributed by atoms with Crippen LogP contribution in [0, 0.1) is 0 Å². The van der Waals surface area contributed by atoms with Crippen molar-refractivity contribution in [3.63, 3.8) is 0 Å². The number of aryl methyl sites for hydroxylation is 1. The van der Waals surface area contributed by atoms with Crippen LogP contribution in [-0.2, 0) is 13.6 Å². The number of rotatable bonds is 3. The van der Waals surface area contributed by atoms with Gasteiger partial charge in [0.2, 0.25) is 0 Å². The van der Waals surface area contributed by atoms with Gasteiger partial charge in [0.25, 0.3) is 5.56 Å². The van der Waals surface area contributed by atoms with Crippen LogP contribution in [0.3, 0.4) is 0 Å². The second-order valence-electron chi connectivity index (χ2n) is 5.73. The van der Waals surface area contributed by atoms with E-state index in [2.05, 4.69) is 27.0 Å².